The Morgan fingerprint density at radius 3 is 2.35 bits per heavy atom. The van der Waals surface area contributed by atoms with E-state index in [9.17, 15) is 9.18 Å². The molecular formula is C15H11FO4. The molecule has 0 atom stereocenters. The van der Waals surface area contributed by atoms with Crippen LogP contribution in [0.1, 0.15) is 10.4 Å². The van der Waals surface area contributed by atoms with Crippen molar-refractivity contribution in [3.63, 3.8) is 0 Å². The Bertz CT molecular complexity index is 682. The zero-order valence-corrected chi connectivity index (χ0v) is 10.4. The number of carbonyl (C=O) groups is 1. The van der Waals surface area contributed by atoms with Crippen LogP contribution in [0, 0.1) is 5.82 Å². The molecule has 0 bridgehead atoms. The van der Waals surface area contributed by atoms with Crippen LogP contribution in [0.2, 0.25) is 0 Å². The van der Waals surface area contributed by atoms with Crippen molar-refractivity contribution in [2.24, 2.45) is 0 Å². The van der Waals surface area contributed by atoms with Crippen LogP contribution in [-0.4, -0.2) is 24.3 Å². The van der Waals surface area contributed by atoms with Gasteiger partial charge in [0.15, 0.2) is 11.5 Å². The molecule has 5 heteroatoms. The van der Waals surface area contributed by atoms with Gasteiger partial charge in [-0.15, -0.1) is 0 Å². The molecule has 0 saturated carbocycles. The highest BCUT2D eigenvalue weighted by Crippen LogP contribution is 2.34. The smallest absolute Gasteiger partial charge is 0.338 e. The van der Waals surface area contributed by atoms with E-state index < -0.39 is 11.8 Å². The number of hydrogen-bond acceptors (Lipinski definition) is 3. The monoisotopic (exact) mass is 274 g/mol. The summed E-state index contributed by atoms with van der Waals surface area (Å²) in [5, 5.41) is 8.81. The number of halogens is 1. The fraction of sp³-hybridized carbons (Fsp3) is 0.133. The molecule has 1 aliphatic rings. The van der Waals surface area contributed by atoms with Crippen LogP contribution in [0.4, 0.5) is 4.39 Å². The molecule has 0 aliphatic carbocycles. The first-order chi connectivity index (χ1) is 9.65. The Kier molecular flexibility index (Phi) is 3.02. The fourth-order valence-corrected chi connectivity index (χ4v) is 2.09. The molecule has 2 aromatic carbocycles. The van der Waals surface area contributed by atoms with E-state index in [1.165, 1.54) is 12.1 Å². The first-order valence-corrected chi connectivity index (χ1v) is 6.08. The summed E-state index contributed by atoms with van der Waals surface area (Å²) in [6.45, 7) is 0.983. The lowest BCUT2D eigenvalue weighted by Gasteiger charge is -2.19. The van der Waals surface area contributed by atoms with Crippen LogP contribution in [-0.2, 0) is 0 Å². The van der Waals surface area contributed by atoms with E-state index in [0.29, 0.717) is 30.3 Å². The Balaban J connectivity index is 2.01. The van der Waals surface area contributed by atoms with E-state index in [-0.39, 0.29) is 5.56 Å². The van der Waals surface area contributed by atoms with E-state index in [1.807, 2.05) is 0 Å². The van der Waals surface area contributed by atoms with Gasteiger partial charge < -0.3 is 14.6 Å². The summed E-state index contributed by atoms with van der Waals surface area (Å²) in [7, 11) is 0. The lowest BCUT2D eigenvalue weighted by molar-refractivity contribution is 0.0692. The number of rotatable bonds is 2. The van der Waals surface area contributed by atoms with Gasteiger partial charge in [-0.2, -0.15) is 0 Å². The molecule has 0 amide bonds. The molecule has 0 spiro atoms. The molecule has 0 aromatic heterocycles. The largest absolute Gasteiger partial charge is 0.486 e. The highest BCUT2D eigenvalue weighted by atomic mass is 19.1. The zero-order chi connectivity index (χ0) is 14.1. The maximum absolute atomic E-state index is 13.7. The quantitative estimate of drug-likeness (QED) is 0.914. The maximum atomic E-state index is 13.7. The van der Waals surface area contributed by atoms with Gasteiger partial charge in [0.25, 0.3) is 0 Å². The van der Waals surface area contributed by atoms with Gasteiger partial charge in [-0.25, -0.2) is 9.18 Å². The van der Waals surface area contributed by atoms with E-state index in [1.54, 1.807) is 24.3 Å². The zero-order valence-electron chi connectivity index (χ0n) is 10.4. The van der Waals surface area contributed by atoms with Crippen molar-refractivity contribution in [2.45, 2.75) is 0 Å². The third-order valence-electron chi connectivity index (χ3n) is 3.08. The van der Waals surface area contributed by atoms with Crippen LogP contribution in [0.25, 0.3) is 11.1 Å². The molecule has 2 aromatic rings. The number of carboxylic acids is 1. The van der Waals surface area contributed by atoms with Gasteiger partial charge in [0.2, 0.25) is 0 Å². The first-order valence-electron chi connectivity index (χ1n) is 6.08. The molecule has 1 N–H and O–H groups in total. The van der Waals surface area contributed by atoms with Gasteiger partial charge in [-0.05, 0) is 35.4 Å². The first kappa shape index (κ1) is 12.5. The second kappa shape index (κ2) is 4.85. The van der Waals surface area contributed by atoms with Gasteiger partial charge >= 0.3 is 5.97 Å². The van der Waals surface area contributed by atoms with Gasteiger partial charge in [-0.3, -0.25) is 0 Å². The summed E-state index contributed by atoms with van der Waals surface area (Å²) in [5.41, 5.74) is 0.987. The number of aromatic carboxylic acids is 1. The van der Waals surface area contributed by atoms with Crippen molar-refractivity contribution in [1.82, 2.24) is 0 Å². The number of fused-ring (bicyclic) bond motifs is 1. The second-order valence-electron chi connectivity index (χ2n) is 4.36. The van der Waals surface area contributed by atoms with Gasteiger partial charge in [0.05, 0.1) is 5.56 Å². The summed E-state index contributed by atoms with van der Waals surface area (Å²) in [4.78, 5) is 10.8. The van der Waals surface area contributed by atoms with E-state index in [4.69, 9.17) is 14.6 Å². The lowest BCUT2D eigenvalue weighted by atomic mass is 10.0. The number of ether oxygens (including phenoxy) is 2. The normalized spacial score (nSPS) is 13.1. The van der Waals surface area contributed by atoms with Gasteiger partial charge in [0.1, 0.15) is 19.0 Å². The Morgan fingerprint density at radius 2 is 1.65 bits per heavy atom. The second-order valence-corrected chi connectivity index (χ2v) is 4.36. The highest BCUT2D eigenvalue weighted by molar-refractivity contribution is 5.88. The van der Waals surface area contributed by atoms with Crippen LogP contribution in [0.15, 0.2) is 36.4 Å². The number of carboxylic acid groups (broad SMARTS) is 1. The molecule has 20 heavy (non-hydrogen) atoms. The Morgan fingerprint density at radius 1 is 1.00 bits per heavy atom. The van der Waals surface area contributed by atoms with Crippen molar-refractivity contribution >= 4 is 5.97 Å². The highest BCUT2D eigenvalue weighted by Gasteiger charge is 2.14. The average Bonchev–Trinajstić information content (AvgIpc) is 2.46. The minimum atomic E-state index is -1.28. The van der Waals surface area contributed by atoms with Crippen molar-refractivity contribution in [3.05, 3.63) is 47.8 Å². The molecule has 0 unspecified atom stereocenters. The minimum Gasteiger partial charge on any atom is -0.486 e. The van der Waals surface area contributed by atoms with Crippen molar-refractivity contribution < 1.29 is 23.8 Å². The molecule has 1 heterocycles. The minimum absolute atomic E-state index is 0.341. The van der Waals surface area contributed by atoms with Gasteiger partial charge in [-0.1, -0.05) is 12.1 Å². The van der Waals surface area contributed by atoms with E-state index in [2.05, 4.69) is 0 Å². The summed E-state index contributed by atoms with van der Waals surface area (Å²) < 4.78 is 24.6. The fourth-order valence-electron chi connectivity index (χ4n) is 2.09. The summed E-state index contributed by atoms with van der Waals surface area (Å²) in [5.74, 6) is -0.778. The third-order valence-corrected chi connectivity index (χ3v) is 3.08. The summed E-state index contributed by atoms with van der Waals surface area (Å²) in [6, 6.07) is 9.32. The Labute approximate surface area is 114 Å². The SMILES string of the molecule is O=C(O)c1ccc(-c2ccc3c(c2)OCCO3)cc1F. The Hall–Kier alpha value is -2.56. The van der Waals surface area contributed by atoms with Crippen molar-refractivity contribution in [2.75, 3.05) is 13.2 Å². The predicted octanol–water partition coefficient (Wildman–Crippen LogP) is 2.96. The molecule has 0 fully saturated rings. The van der Waals surface area contributed by atoms with E-state index >= 15 is 0 Å². The topological polar surface area (TPSA) is 55.8 Å². The van der Waals surface area contributed by atoms with Crippen molar-refractivity contribution in [3.8, 4) is 22.6 Å². The molecule has 3 rings (SSSR count). The lowest BCUT2D eigenvalue weighted by Crippen LogP contribution is -2.15. The summed E-state index contributed by atoms with van der Waals surface area (Å²) in [6.07, 6.45) is 0. The molecular weight excluding hydrogens is 263 g/mol. The van der Waals surface area contributed by atoms with Crippen LogP contribution < -0.4 is 9.47 Å². The van der Waals surface area contributed by atoms with Crippen molar-refractivity contribution in [1.29, 1.82) is 0 Å². The van der Waals surface area contributed by atoms with E-state index in [0.717, 1.165) is 5.56 Å². The molecule has 1 aliphatic heterocycles. The number of hydrogen-bond donors (Lipinski definition) is 1. The molecule has 0 saturated heterocycles. The number of benzene rings is 2. The molecule has 0 radical (unpaired) electrons. The van der Waals surface area contributed by atoms with Crippen LogP contribution >= 0.6 is 0 Å². The van der Waals surface area contributed by atoms with Crippen LogP contribution in [0.5, 0.6) is 11.5 Å². The standard InChI is InChI=1S/C15H11FO4/c16-12-7-9(1-3-11(12)15(17)18)10-2-4-13-14(8-10)20-6-5-19-13/h1-4,7-8H,5-6H2,(H,17,18). The predicted molar refractivity (Wildman–Crippen MR) is 69.8 cm³/mol. The van der Waals surface area contributed by atoms with Gasteiger partial charge in [0, 0.05) is 0 Å². The third kappa shape index (κ3) is 2.18. The van der Waals surface area contributed by atoms with Crippen LogP contribution in [0.3, 0.4) is 0 Å². The maximum Gasteiger partial charge on any atom is 0.338 e. The molecule has 102 valence electrons. The summed E-state index contributed by atoms with van der Waals surface area (Å²) >= 11 is 0. The average molecular weight is 274 g/mol. The molecule has 4 nitrogen and oxygen atoms in total.